The van der Waals surface area contributed by atoms with Gasteiger partial charge in [0, 0.05) is 13.1 Å². The Morgan fingerprint density at radius 3 is 2.39 bits per heavy atom. The van der Waals surface area contributed by atoms with Gasteiger partial charge in [-0.3, -0.25) is 0 Å². The molecule has 11 heteroatoms. The molecule has 0 bridgehead atoms. The number of hydrogen-bond donors (Lipinski definition) is 3. The van der Waals surface area contributed by atoms with Gasteiger partial charge >= 0.3 is 12.1 Å². The van der Waals surface area contributed by atoms with Crippen molar-refractivity contribution in [3.63, 3.8) is 0 Å². The first-order valence-electron chi connectivity index (χ1n) is 9.98. The van der Waals surface area contributed by atoms with Gasteiger partial charge in [-0.1, -0.05) is 24.3 Å². The minimum Gasteiger partial charge on any atom is -0.475 e. The quantitative estimate of drug-likeness (QED) is 0.545. The lowest BCUT2D eigenvalue weighted by molar-refractivity contribution is -0.192. The van der Waals surface area contributed by atoms with E-state index in [1.165, 1.54) is 0 Å². The molecule has 4 N–H and O–H groups in total. The Morgan fingerprint density at radius 1 is 1.21 bits per heavy atom. The second kappa shape index (κ2) is 9.48. The Bertz CT molecular complexity index is 1170. The number of halogens is 3. The highest BCUT2D eigenvalue weighted by Gasteiger charge is 2.38. The van der Waals surface area contributed by atoms with Crippen molar-refractivity contribution in [1.82, 2.24) is 9.55 Å². The molecule has 1 aromatic heterocycles. The zero-order valence-electron chi connectivity index (χ0n) is 17.5. The number of nitrogens with two attached hydrogens (primary N) is 1. The van der Waals surface area contributed by atoms with Crippen molar-refractivity contribution >= 4 is 23.0 Å². The summed E-state index contributed by atoms with van der Waals surface area (Å²) in [7, 11) is 0. The first-order chi connectivity index (χ1) is 15.6. The van der Waals surface area contributed by atoms with E-state index >= 15 is 0 Å². The summed E-state index contributed by atoms with van der Waals surface area (Å²) in [6.45, 7) is 2.11. The molecule has 0 saturated carbocycles. The first kappa shape index (κ1) is 24.0. The second-order valence-corrected chi connectivity index (χ2v) is 7.70. The molecule has 1 fully saturated rings. The van der Waals surface area contributed by atoms with Crippen molar-refractivity contribution in [1.29, 1.82) is 5.26 Å². The zero-order chi connectivity index (χ0) is 24.2. The van der Waals surface area contributed by atoms with E-state index in [4.69, 9.17) is 25.9 Å². The van der Waals surface area contributed by atoms with E-state index in [2.05, 4.69) is 21.6 Å². The number of benzene rings is 2. The third-order valence-corrected chi connectivity index (χ3v) is 5.30. The van der Waals surface area contributed by atoms with E-state index in [1.54, 1.807) is 0 Å². The number of aromatic nitrogens is 2. The first-order valence-corrected chi connectivity index (χ1v) is 9.98. The highest BCUT2D eigenvalue weighted by Crippen LogP contribution is 2.29. The number of aliphatic carboxylic acids is 1. The number of carbonyl (C=O) groups is 1. The number of carboxylic acid groups (broad SMARTS) is 1. The van der Waals surface area contributed by atoms with Crippen LogP contribution in [0.2, 0.25) is 0 Å². The third kappa shape index (κ3) is 5.60. The lowest BCUT2D eigenvalue weighted by Gasteiger charge is -2.23. The summed E-state index contributed by atoms with van der Waals surface area (Å²) in [6.07, 6.45) is -4.44. The summed E-state index contributed by atoms with van der Waals surface area (Å²) >= 11 is 0. The highest BCUT2D eigenvalue weighted by molar-refractivity contribution is 5.79. The number of carboxylic acids is 1. The number of para-hydroxylation sites is 2. The predicted octanol–water partition coefficient (Wildman–Crippen LogP) is 2.49. The Labute approximate surface area is 187 Å². The number of alkyl halides is 3. The molecule has 0 amide bonds. The van der Waals surface area contributed by atoms with Gasteiger partial charge in [-0.05, 0) is 36.2 Å². The number of nitriles is 1. The number of nitrogens with zero attached hydrogens (tertiary/aromatic N) is 4. The van der Waals surface area contributed by atoms with Crippen molar-refractivity contribution in [2.75, 3.05) is 24.5 Å². The summed E-state index contributed by atoms with van der Waals surface area (Å²) in [5.74, 6) is -1.91. The molecule has 3 aromatic rings. The monoisotopic (exact) mass is 461 g/mol. The maximum Gasteiger partial charge on any atom is 0.490 e. The maximum atomic E-state index is 10.6. The number of β-amino-alcohol motifs (C(OH)–C–C–N with tert-alkyl or cyclic N) is 1. The van der Waals surface area contributed by atoms with Gasteiger partial charge in [0.1, 0.15) is 0 Å². The minimum absolute atomic E-state index is 0.249. The molecular formula is C22H22F3N5O3. The van der Waals surface area contributed by atoms with Gasteiger partial charge in [0.25, 0.3) is 0 Å². The fourth-order valence-electron chi connectivity index (χ4n) is 3.52. The molecule has 0 radical (unpaired) electrons. The van der Waals surface area contributed by atoms with Crippen LogP contribution in [0.1, 0.15) is 17.5 Å². The zero-order valence-corrected chi connectivity index (χ0v) is 17.5. The van der Waals surface area contributed by atoms with Gasteiger partial charge < -0.3 is 25.4 Å². The molecule has 33 heavy (non-hydrogen) atoms. The van der Waals surface area contributed by atoms with Crippen LogP contribution in [-0.4, -0.2) is 57.1 Å². The van der Waals surface area contributed by atoms with Crippen molar-refractivity contribution in [2.24, 2.45) is 5.73 Å². The van der Waals surface area contributed by atoms with Gasteiger partial charge in [0.05, 0.1) is 41.4 Å². The Hall–Kier alpha value is -3.62. The average molecular weight is 461 g/mol. The van der Waals surface area contributed by atoms with E-state index in [-0.39, 0.29) is 6.54 Å². The Kier molecular flexibility index (Phi) is 6.90. The summed E-state index contributed by atoms with van der Waals surface area (Å²) in [4.78, 5) is 15.8. The van der Waals surface area contributed by atoms with Gasteiger partial charge in [-0.15, -0.1) is 0 Å². The molecule has 0 aliphatic carbocycles. The molecule has 1 atom stereocenters. The lowest BCUT2D eigenvalue weighted by atomic mass is 10.0. The van der Waals surface area contributed by atoms with Crippen molar-refractivity contribution in [3.8, 4) is 6.07 Å². The molecule has 1 aliphatic rings. The molecule has 0 unspecified atom stereocenters. The number of anilines is 1. The van der Waals surface area contributed by atoms with Crippen molar-refractivity contribution < 1.29 is 28.2 Å². The van der Waals surface area contributed by atoms with Crippen LogP contribution < -0.4 is 10.6 Å². The van der Waals surface area contributed by atoms with Crippen molar-refractivity contribution in [3.05, 3.63) is 59.7 Å². The van der Waals surface area contributed by atoms with Crippen LogP contribution in [0.4, 0.5) is 19.1 Å². The lowest BCUT2D eigenvalue weighted by Crippen LogP contribution is -2.41. The van der Waals surface area contributed by atoms with Gasteiger partial charge in [-0.25, -0.2) is 9.78 Å². The number of hydrogen-bond acceptors (Lipinski definition) is 6. The van der Waals surface area contributed by atoms with Gasteiger partial charge in [0.15, 0.2) is 0 Å². The Morgan fingerprint density at radius 2 is 1.85 bits per heavy atom. The van der Waals surface area contributed by atoms with E-state index in [0.29, 0.717) is 25.1 Å². The fraction of sp³-hybridized carbons (Fsp3) is 0.318. The van der Waals surface area contributed by atoms with Crippen LogP contribution in [0.5, 0.6) is 0 Å². The third-order valence-electron chi connectivity index (χ3n) is 5.30. The van der Waals surface area contributed by atoms with Crippen LogP contribution >= 0.6 is 0 Å². The van der Waals surface area contributed by atoms with Crippen LogP contribution in [0.3, 0.4) is 0 Å². The molecule has 0 spiro atoms. The fourth-order valence-corrected chi connectivity index (χ4v) is 3.52. The van der Waals surface area contributed by atoms with E-state index in [9.17, 15) is 18.3 Å². The van der Waals surface area contributed by atoms with E-state index in [1.807, 2.05) is 42.5 Å². The normalized spacial score (nSPS) is 18.0. The molecule has 8 nitrogen and oxygen atoms in total. The summed E-state index contributed by atoms with van der Waals surface area (Å²) in [6, 6.07) is 17.8. The highest BCUT2D eigenvalue weighted by atomic mass is 19.4. The molecule has 2 aromatic carbocycles. The topological polar surface area (TPSA) is 128 Å². The molecule has 4 rings (SSSR count). The van der Waals surface area contributed by atoms with Crippen molar-refractivity contribution in [2.45, 2.75) is 24.7 Å². The van der Waals surface area contributed by atoms with Crippen LogP contribution in [0, 0.1) is 11.3 Å². The van der Waals surface area contributed by atoms with Crippen LogP contribution in [0.15, 0.2) is 48.5 Å². The number of imidazole rings is 1. The van der Waals surface area contributed by atoms with E-state index in [0.717, 1.165) is 29.1 Å². The van der Waals surface area contributed by atoms with Gasteiger partial charge in [-0.2, -0.15) is 18.4 Å². The number of rotatable bonds is 4. The van der Waals surface area contributed by atoms with Gasteiger partial charge in [0.2, 0.25) is 5.95 Å². The maximum absolute atomic E-state index is 10.6. The summed E-state index contributed by atoms with van der Waals surface area (Å²) < 4.78 is 33.9. The SMILES string of the molecule is N#Cc1ccc(Cn2c(N3CC[C@@](O)(CN)C3)nc3ccccc32)cc1.O=C(O)C(F)(F)F. The molecule has 174 valence electrons. The summed E-state index contributed by atoms with van der Waals surface area (Å²) in [5, 5.41) is 26.6. The van der Waals surface area contributed by atoms with E-state index < -0.39 is 17.7 Å². The molecule has 2 heterocycles. The Balaban J connectivity index is 0.000000383. The number of aliphatic hydroxyl groups is 1. The van der Waals surface area contributed by atoms with Crippen LogP contribution in [-0.2, 0) is 11.3 Å². The predicted molar refractivity (Wildman–Crippen MR) is 115 cm³/mol. The van der Waals surface area contributed by atoms with Crippen LogP contribution in [0.25, 0.3) is 11.0 Å². The molecular weight excluding hydrogens is 439 g/mol. The smallest absolute Gasteiger partial charge is 0.475 e. The molecule has 1 saturated heterocycles. The number of fused-ring (bicyclic) bond motifs is 1. The standard InChI is InChI=1S/C20H21N5O.C2HF3O2/c21-11-15-5-7-16(8-6-15)12-25-18-4-2-1-3-17(18)23-19(25)24-10-9-20(26,13-22)14-24;3-2(4,5)1(6)7/h1-8,26H,9-10,12-14,22H2;(H,6,7)/t20-;/m1./s1. The largest absolute Gasteiger partial charge is 0.490 e. The molecule has 1 aliphatic heterocycles. The average Bonchev–Trinajstić information content (AvgIpc) is 3.35. The minimum atomic E-state index is -5.08. The second-order valence-electron chi connectivity index (χ2n) is 7.70. The summed E-state index contributed by atoms with van der Waals surface area (Å²) in [5.41, 5.74) is 8.62.